The van der Waals surface area contributed by atoms with Crippen molar-refractivity contribution in [1.82, 2.24) is 0 Å². The molecule has 1 N–H and O–H groups in total. The Hall–Kier alpha value is -2.42. The smallest absolute Gasteiger partial charge is 0.170 e. The van der Waals surface area contributed by atoms with Crippen molar-refractivity contribution >= 4 is 11.6 Å². The molecule has 0 spiro atoms. The fourth-order valence-corrected chi connectivity index (χ4v) is 1.74. The maximum absolute atomic E-state index is 11.9. The molecule has 19 heavy (non-hydrogen) atoms. The van der Waals surface area contributed by atoms with Crippen molar-refractivity contribution in [1.29, 1.82) is 0 Å². The number of benzene rings is 2. The van der Waals surface area contributed by atoms with Crippen LogP contribution in [0, 0.1) is 6.92 Å². The number of rotatable bonds is 4. The van der Waals surface area contributed by atoms with Crippen molar-refractivity contribution in [3.05, 3.63) is 65.2 Å². The highest BCUT2D eigenvalue weighted by atomic mass is 16.3. The summed E-state index contributed by atoms with van der Waals surface area (Å²) < 4.78 is 0. The second-order valence-corrected chi connectivity index (χ2v) is 4.44. The van der Waals surface area contributed by atoms with Gasteiger partial charge in [0.2, 0.25) is 0 Å². The largest absolute Gasteiger partial charge is 0.508 e. The minimum Gasteiger partial charge on any atom is -0.508 e. The number of hydrogen-bond donors (Lipinski definition) is 1. The molecule has 0 radical (unpaired) electrons. The van der Waals surface area contributed by atoms with Gasteiger partial charge in [0.25, 0.3) is 0 Å². The molecule has 2 aromatic carbocycles. The van der Waals surface area contributed by atoms with Gasteiger partial charge in [-0.1, -0.05) is 29.8 Å². The van der Waals surface area contributed by atoms with E-state index < -0.39 is 0 Å². The molecule has 0 aliphatic carbocycles. The predicted molar refractivity (Wildman–Crippen MR) is 72.6 cm³/mol. The monoisotopic (exact) mass is 254 g/mol. The van der Waals surface area contributed by atoms with E-state index in [1.807, 2.05) is 19.1 Å². The number of phenolic OH excluding ortho intramolecular Hbond substituents is 1. The Morgan fingerprint density at radius 1 is 0.842 bits per heavy atom. The molecule has 2 aromatic rings. The first kappa shape index (κ1) is 13.0. The molecule has 3 heteroatoms. The summed E-state index contributed by atoms with van der Waals surface area (Å²) in [7, 11) is 0. The molecule has 0 saturated carbocycles. The summed E-state index contributed by atoms with van der Waals surface area (Å²) in [6, 6.07) is 13.0. The average Bonchev–Trinajstić information content (AvgIpc) is 2.40. The van der Waals surface area contributed by atoms with Gasteiger partial charge < -0.3 is 5.11 Å². The molecule has 3 nitrogen and oxygen atoms in total. The Labute approximate surface area is 111 Å². The van der Waals surface area contributed by atoms with Crippen molar-refractivity contribution in [3.8, 4) is 5.75 Å². The number of aryl methyl sites for hydroxylation is 1. The fraction of sp³-hybridized carbons (Fsp3) is 0.125. The second kappa shape index (κ2) is 5.48. The van der Waals surface area contributed by atoms with Gasteiger partial charge in [0.05, 0.1) is 6.42 Å². The van der Waals surface area contributed by atoms with Crippen LogP contribution in [0.4, 0.5) is 0 Å². The zero-order chi connectivity index (χ0) is 13.8. The lowest BCUT2D eigenvalue weighted by atomic mass is 10.0. The number of aromatic hydroxyl groups is 1. The van der Waals surface area contributed by atoms with Crippen LogP contribution < -0.4 is 0 Å². The third-order valence-electron chi connectivity index (χ3n) is 2.88. The van der Waals surface area contributed by atoms with Crippen LogP contribution in [0.5, 0.6) is 5.75 Å². The third-order valence-corrected chi connectivity index (χ3v) is 2.88. The van der Waals surface area contributed by atoms with Crippen LogP contribution in [0.2, 0.25) is 0 Å². The summed E-state index contributed by atoms with van der Waals surface area (Å²) in [6.07, 6.45) is -0.159. The quantitative estimate of drug-likeness (QED) is 0.673. The van der Waals surface area contributed by atoms with E-state index in [0.29, 0.717) is 11.1 Å². The summed E-state index contributed by atoms with van der Waals surface area (Å²) in [5.41, 5.74) is 2.04. The van der Waals surface area contributed by atoms with Crippen LogP contribution in [0.15, 0.2) is 48.5 Å². The molecule has 0 saturated heterocycles. The first-order chi connectivity index (χ1) is 9.06. The lowest BCUT2D eigenvalue weighted by Crippen LogP contribution is -2.08. The first-order valence-corrected chi connectivity index (χ1v) is 5.98. The van der Waals surface area contributed by atoms with Crippen LogP contribution in [0.25, 0.3) is 0 Å². The van der Waals surface area contributed by atoms with Gasteiger partial charge in [-0.15, -0.1) is 0 Å². The molecular formula is C16H14O3. The molecule has 0 aliphatic heterocycles. The van der Waals surface area contributed by atoms with Gasteiger partial charge in [-0.05, 0) is 31.2 Å². The van der Waals surface area contributed by atoms with E-state index >= 15 is 0 Å². The topological polar surface area (TPSA) is 54.4 Å². The Morgan fingerprint density at radius 3 is 1.74 bits per heavy atom. The maximum Gasteiger partial charge on any atom is 0.170 e. The van der Waals surface area contributed by atoms with Gasteiger partial charge >= 0.3 is 0 Å². The summed E-state index contributed by atoms with van der Waals surface area (Å²) in [5.74, 6) is -0.343. The Kier molecular flexibility index (Phi) is 3.76. The molecular weight excluding hydrogens is 240 g/mol. The van der Waals surface area contributed by atoms with Crippen LogP contribution in [0.3, 0.4) is 0 Å². The van der Waals surface area contributed by atoms with Crippen molar-refractivity contribution in [3.63, 3.8) is 0 Å². The number of carbonyl (C=O) groups is 2. The summed E-state index contributed by atoms with van der Waals surface area (Å²) in [4.78, 5) is 23.8. The molecule has 0 unspecified atom stereocenters. The van der Waals surface area contributed by atoms with Gasteiger partial charge in [0, 0.05) is 11.1 Å². The standard InChI is InChI=1S/C16H14O3/c1-11-2-4-12(5-3-11)15(18)10-16(19)13-6-8-14(17)9-7-13/h2-9,17H,10H2,1H3. The molecule has 0 bridgehead atoms. The van der Waals surface area contributed by atoms with E-state index in [9.17, 15) is 9.59 Å². The van der Waals surface area contributed by atoms with Crippen LogP contribution in [-0.2, 0) is 0 Å². The van der Waals surface area contributed by atoms with E-state index in [2.05, 4.69) is 0 Å². The summed E-state index contributed by atoms with van der Waals surface area (Å²) in [6.45, 7) is 1.94. The predicted octanol–water partition coefficient (Wildman–Crippen LogP) is 3.16. The highest BCUT2D eigenvalue weighted by Crippen LogP contribution is 2.13. The summed E-state index contributed by atoms with van der Waals surface area (Å²) >= 11 is 0. The zero-order valence-corrected chi connectivity index (χ0v) is 10.6. The summed E-state index contributed by atoms with van der Waals surface area (Å²) in [5, 5.41) is 9.15. The Balaban J connectivity index is 2.08. The lowest BCUT2D eigenvalue weighted by molar-refractivity contribution is 0.0894. The molecule has 0 fully saturated rings. The molecule has 0 amide bonds. The van der Waals surface area contributed by atoms with Gasteiger partial charge in [0.15, 0.2) is 11.6 Å². The van der Waals surface area contributed by atoms with Crippen LogP contribution in [-0.4, -0.2) is 16.7 Å². The highest BCUT2D eigenvalue weighted by molar-refractivity contribution is 6.13. The number of carbonyl (C=O) groups excluding carboxylic acids is 2. The molecule has 0 heterocycles. The van der Waals surface area contributed by atoms with Crippen molar-refractivity contribution in [2.24, 2.45) is 0 Å². The SMILES string of the molecule is Cc1ccc(C(=O)CC(=O)c2ccc(O)cc2)cc1. The van der Waals surface area contributed by atoms with E-state index in [-0.39, 0.29) is 23.7 Å². The van der Waals surface area contributed by atoms with Crippen molar-refractivity contribution in [2.45, 2.75) is 13.3 Å². The van der Waals surface area contributed by atoms with E-state index in [4.69, 9.17) is 5.11 Å². The van der Waals surface area contributed by atoms with Gasteiger partial charge in [-0.25, -0.2) is 0 Å². The van der Waals surface area contributed by atoms with Crippen molar-refractivity contribution < 1.29 is 14.7 Å². The Bertz CT molecular complexity index is 539. The molecule has 2 rings (SSSR count). The number of phenols is 1. The molecule has 0 atom stereocenters. The van der Waals surface area contributed by atoms with E-state index in [1.54, 1.807) is 12.1 Å². The number of Topliss-reactive ketones (excluding diaryl/α,β-unsaturated/α-hetero) is 2. The fourth-order valence-electron chi connectivity index (χ4n) is 1.74. The van der Waals surface area contributed by atoms with Crippen molar-refractivity contribution in [2.75, 3.05) is 0 Å². The van der Waals surface area contributed by atoms with Crippen LogP contribution >= 0.6 is 0 Å². The zero-order valence-electron chi connectivity index (χ0n) is 10.6. The normalized spacial score (nSPS) is 10.2. The first-order valence-electron chi connectivity index (χ1n) is 5.98. The van der Waals surface area contributed by atoms with E-state index in [1.165, 1.54) is 24.3 Å². The van der Waals surface area contributed by atoms with Gasteiger partial charge in [0.1, 0.15) is 5.75 Å². The number of hydrogen-bond acceptors (Lipinski definition) is 3. The minimum atomic E-state index is -0.245. The second-order valence-electron chi connectivity index (χ2n) is 4.44. The maximum atomic E-state index is 11.9. The molecule has 0 aromatic heterocycles. The van der Waals surface area contributed by atoms with Crippen LogP contribution in [0.1, 0.15) is 32.7 Å². The Morgan fingerprint density at radius 2 is 1.26 bits per heavy atom. The molecule has 96 valence electrons. The van der Waals surface area contributed by atoms with E-state index in [0.717, 1.165) is 5.56 Å². The lowest BCUT2D eigenvalue weighted by Gasteiger charge is -2.02. The number of ketones is 2. The van der Waals surface area contributed by atoms with Gasteiger partial charge in [-0.3, -0.25) is 9.59 Å². The highest BCUT2D eigenvalue weighted by Gasteiger charge is 2.13. The minimum absolute atomic E-state index is 0.0985. The average molecular weight is 254 g/mol. The van der Waals surface area contributed by atoms with Gasteiger partial charge in [-0.2, -0.15) is 0 Å². The molecule has 0 aliphatic rings. The third kappa shape index (κ3) is 3.28.